The van der Waals surface area contributed by atoms with E-state index in [-0.39, 0.29) is 57.8 Å². The van der Waals surface area contributed by atoms with Crippen LogP contribution < -0.4 is 20.1 Å². The van der Waals surface area contributed by atoms with Gasteiger partial charge in [-0.05, 0) is 39.5 Å². The summed E-state index contributed by atoms with van der Waals surface area (Å²) in [6.07, 6.45) is 8.70. The molecule has 284 valence electrons. The average molecular weight is 781 g/mol. The van der Waals surface area contributed by atoms with Gasteiger partial charge in [0.1, 0.15) is 24.3 Å². The molecule has 16 nitrogen and oxygen atoms in total. The minimum atomic E-state index is -0.540. The van der Waals surface area contributed by atoms with Crippen molar-refractivity contribution in [1.82, 2.24) is 39.7 Å². The van der Waals surface area contributed by atoms with Crippen LogP contribution in [0.15, 0.2) is 24.8 Å². The molecule has 2 saturated heterocycles. The third kappa shape index (κ3) is 11.4. The Morgan fingerprint density at radius 1 is 0.759 bits per heavy atom. The molecule has 0 spiro atoms. The lowest BCUT2D eigenvalue weighted by Gasteiger charge is -2.37. The number of aromatic nitrogens is 6. The molecule has 2 N–H and O–H groups in total. The summed E-state index contributed by atoms with van der Waals surface area (Å²) in [5, 5.41) is 23.1. The van der Waals surface area contributed by atoms with E-state index in [1.165, 1.54) is 38.6 Å². The molecular weight excluding hydrogens is 743 g/mol. The summed E-state index contributed by atoms with van der Waals surface area (Å²) in [5.41, 5.74) is 0.492. The van der Waals surface area contributed by atoms with Crippen molar-refractivity contribution in [2.24, 2.45) is 0 Å². The molecular formula is C34H38F2N12O4S2. The second kappa shape index (κ2) is 18.7. The van der Waals surface area contributed by atoms with Gasteiger partial charge in [0.25, 0.3) is 0 Å². The number of ether oxygens (including phenoxy) is 2. The van der Waals surface area contributed by atoms with Crippen molar-refractivity contribution in [3.8, 4) is 23.9 Å². The van der Waals surface area contributed by atoms with Crippen molar-refractivity contribution in [1.29, 1.82) is 10.5 Å². The molecule has 2 aliphatic heterocycles. The van der Waals surface area contributed by atoms with Gasteiger partial charge in [0.05, 0.1) is 34.5 Å². The summed E-state index contributed by atoms with van der Waals surface area (Å²) in [7, 11) is 0. The number of halogens is 2. The lowest BCUT2D eigenvalue weighted by Crippen LogP contribution is -2.43. The molecule has 4 aromatic heterocycles. The fourth-order valence-electron chi connectivity index (χ4n) is 5.89. The predicted octanol–water partition coefficient (Wildman–Crippen LogP) is 4.67. The van der Waals surface area contributed by atoms with E-state index >= 15 is 0 Å². The second-order valence-electron chi connectivity index (χ2n) is 12.7. The number of rotatable bonds is 10. The highest BCUT2D eigenvalue weighted by atomic mass is 32.1. The highest BCUT2D eigenvalue weighted by Crippen LogP contribution is 2.29. The molecule has 0 bridgehead atoms. The monoisotopic (exact) mass is 780 g/mol. The molecule has 0 aliphatic carbocycles. The molecule has 0 unspecified atom stereocenters. The van der Waals surface area contributed by atoms with Crippen LogP contribution in [0.1, 0.15) is 74.5 Å². The Kier molecular flexibility index (Phi) is 13.8. The van der Waals surface area contributed by atoms with Crippen molar-refractivity contribution < 1.29 is 27.8 Å². The first kappa shape index (κ1) is 39.9. The summed E-state index contributed by atoms with van der Waals surface area (Å²) >= 11 is 2.31. The Hall–Kier alpha value is -5.28. The summed E-state index contributed by atoms with van der Waals surface area (Å²) in [6.45, 7) is 9.21. The van der Waals surface area contributed by atoms with Gasteiger partial charge in [0, 0.05) is 52.1 Å². The van der Waals surface area contributed by atoms with Crippen LogP contribution in [0.3, 0.4) is 0 Å². The van der Waals surface area contributed by atoms with Gasteiger partial charge in [-0.25, -0.2) is 19.9 Å². The molecule has 4 aromatic rings. The zero-order chi connectivity index (χ0) is 38.8. The van der Waals surface area contributed by atoms with Crippen LogP contribution in [0.4, 0.5) is 19.0 Å². The molecule has 4 atom stereocenters. The van der Waals surface area contributed by atoms with E-state index in [1.54, 1.807) is 0 Å². The first-order valence-electron chi connectivity index (χ1n) is 17.0. The maximum atomic E-state index is 14.0. The van der Waals surface area contributed by atoms with Crippen LogP contribution in [-0.4, -0.2) is 88.9 Å². The van der Waals surface area contributed by atoms with E-state index < -0.39 is 11.9 Å². The van der Waals surface area contributed by atoms with Crippen molar-refractivity contribution in [2.75, 3.05) is 23.7 Å². The van der Waals surface area contributed by atoms with Gasteiger partial charge in [-0.1, -0.05) is 22.7 Å². The van der Waals surface area contributed by atoms with E-state index in [9.17, 15) is 18.4 Å². The van der Waals surface area contributed by atoms with Gasteiger partial charge < -0.3 is 20.1 Å². The number of amides is 2. The number of hydrogen-bond acceptors (Lipinski definition) is 16. The Balaban J connectivity index is 0.000000208. The smallest absolute Gasteiger partial charge is 0.232 e. The van der Waals surface area contributed by atoms with Gasteiger partial charge in [0.2, 0.25) is 35.5 Å². The summed E-state index contributed by atoms with van der Waals surface area (Å²) in [4.78, 5) is 51.1. The third-order valence-corrected chi connectivity index (χ3v) is 10.4. The molecule has 20 heteroatoms. The van der Waals surface area contributed by atoms with Gasteiger partial charge in [-0.3, -0.25) is 19.4 Å². The third-order valence-electron chi connectivity index (χ3n) is 8.55. The fraction of sp³-hybridized carbons (Fsp3) is 0.471. The molecule has 0 radical (unpaired) electrons. The second-order valence-corrected chi connectivity index (χ2v) is 14.9. The maximum Gasteiger partial charge on any atom is 0.232 e. The van der Waals surface area contributed by atoms with E-state index in [1.807, 2.05) is 12.1 Å². The average Bonchev–Trinajstić information content (AvgIpc) is 3.65. The lowest BCUT2D eigenvalue weighted by atomic mass is 10.0. The van der Waals surface area contributed by atoms with Crippen molar-refractivity contribution in [3.05, 3.63) is 57.8 Å². The number of thiazole rings is 2. The van der Waals surface area contributed by atoms with Gasteiger partial charge in [-0.15, -0.1) is 0 Å². The molecule has 2 aliphatic rings. The Labute approximate surface area is 318 Å². The zero-order valence-electron chi connectivity index (χ0n) is 30.0. The number of carbonyl (C=O) groups is 2. The fourth-order valence-corrected chi connectivity index (χ4v) is 7.72. The minimum Gasteiger partial charge on any atom is -0.473 e. The maximum absolute atomic E-state index is 14.0. The molecule has 2 amide bonds. The highest BCUT2D eigenvalue weighted by molar-refractivity contribution is 7.16. The van der Waals surface area contributed by atoms with Crippen LogP contribution in [0, 0.1) is 34.6 Å². The molecule has 0 aromatic carbocycles. The standard InChI is InChI=1S/2C17H19FN6O2S/c2*1-10-5-13(26-15-8-20-12(6-19)7-21-15)3-4-24(10)9-14-16(18)23-17(27-14)22-11(2)25/h2*7-8,10,13H,3-5,9H2,1-2H3,(H,22,23,25)/t2*10-,13+/m10/s1. The SMILES string of the molecule is CC(=O)Nc1nc(F)c(CN2CC[C@@H](Oc3cnc(C#N)cn3)C[C@@H]2C)s1.CC(=O)Nc1nc(F)c(CN2CC[C@H](Oc3cnc(C#N)cn3)C[C@H]2C)s1. The molecule has 2 fully saturated rings. The first-order valence-corrected chi connectivity index (χ1v) is 18.6. The van der Waals surface area contributed by atoms with Crippen LogP contribution >= 0.6 is 22.7 Å². The van der Waals surface area contributed by atoms with Crippen molar-refractivity contribution >= 4 is 44.8 Å². The van der Waals surface area contributed by atoms with E-state index in [0.29, 0.717) is 34.6 Å². The summed E-state index contributed by atoms with van der Waals surface area (Å²) in [6, 6.07) is 4.20. The number of anilines is 2. The number of nitrogens with one attached hydrogen (secondary N) is 2. The van der Waals surface area contributed by atoms with E-state index in [2.05, 4.69) is 64.2 Å². The topological polar surface area (TPSA) is 208 Å². The molecule has 0 saturated carbocycles. The van der Waals surface area contributed by atoms with Crippen molar-refractivity contribution in [3.63, 3.8) is 0 Å². The number of nitriles is 2. The molecule has 54 heavy (non-hydrogen) atoms. The normalized spacial score (nSPS) is 20.1. The number of carbonyl (C=O) groups excluding carboxylic acids is 2. The van der Waals surface area contributed by atoms with Crippen LogP contribution in [-0.2, 0) is 22.7 Å². The molecule has 6 rings (SSSR count). The van der Waals surface area contributed by atoms with Gasteiger partial charge in [-0.2, -0.15) is 29.3 Å². The Morgan fingerprint density at radius 2 is 1.17 bits per heavy atom. The molecule has 6 heterocycles. The minimum absolute atomic E-state index is 0.0141. The number of nitrogens with zero attached hydrogens (tertiary/aromatic N) is 10. The Morgan fingerprint density at radius 3 is 1.48 bits per heavy atom. The largest absolute Gasteiger partial charge is 0.473 e. The summed E-state index contributed by atoms with van der Waals surface area (Å²) < 4.78 is 39.8. The Bertz CT molecular complexity index is 1840. The first-order chi connectivity index (χ1) is 25.9. The predicted molar refractivity (Wildman–Crippen MR) is 193 cm³/mol. The van der Waals surface area contributed by atoms with Gasteiger partial charge in [0.15, 0.2) is 21.7 Å². The van der Waals surface area contributed by atoms with Crippen LogP contribution in [0.2, 0.25) is 0 Å². The summed E-state index contributed by atoms with van der Waals surface area (Å²) in [5.74, 6) is -0.828. The zero-order valence-corrected chi connectivity index (χ0v) is 31.6. The number of likely N-dealkylation sites (tertiary alicyclic amines) is 2. The van der Waals surface area contributed by atoms with Crippen LogP contribution in [0.5, 0.6) is 11.8 Å². The highest BCUT2D eigenvalue weighted by Gasteiger charge is 2.30. The lowest BCUT2D eigenvalue weighted by molar-refractivity contribution is -0.115. The van der Waals surface area contributed by atoms with E-state index in [0.717, 1.165) is 61.4 Å². The quantitative estimate of drug-likeness (QED) is 0.224. The number of hydrogen-bond donors (Lipinski definition) is 2. The van der Waals surface area contributed by atoms with Crippen molar-refractivity contribution in [2.45, 2.75) is 90.8 Å². The van der Waals surface area contributed by atoms with Crippen LogP contribution in [0.25, 0.3) is 0 Å². The van der Waals surface area contributed by atoms with Gasteiger partial charge >= 0.3 is 0 Å². The number of piperidine rings is 2. The van der Waals surface area contributed by atoms with E-state index in [4.69, 9.17) is 20.0 Å².